The molecule has 22 heavy (non-hydrogen) atoms. The quantitative estimate of drug-likeness (QED) is 0.781. The van der Waals surface area contributed by atoms with Crippen molar-refractivity contribution in [2.24, 2.45) is 0 Å². The lowest BCUT2D eigenvalue weighted by Gasteiger charge is -2.09. The Balaban J connectivity index is 1.81. The molecule has 0 fully saturated rings. The van der Waals surface area contributed by atoms with Crippen LogP contribution >= 0.6 is 27.3 Å². The van der Waals surface area contributed by atoms with E-state index in [1.807, 2.05) is 41.9 Å². The monoisotopic (exact) mass is 378 g/mol. The number of hydrogen-bond donors (Lipinski definition) is 2. The number of aryl methyl sites for hydroxylation is 1. The SMILES string of the molecule is Cc1cc(Br)ccc1NC(=O)CNC(=O)C=Cc1ccsc1. The molecule has 114 valence electrons. The topological polar surface area (TPSA) is 58.2 Å². The Morgan fingerprint density at radius 2 is 2.14 bits per heavy atom. The zero-order valence-electron chi connectivity index (χ0n) is 11.9. The second-order valence-corrected chi connectivity index (χ2v) is 6.31. The van der Waals surface area contributed by atoms with Crippen LogP contribution in [0.2, 0.25) is 0 Å². The highest BCUT2D eigenvalue weighted by molar-refractivity contribution is 9.10. The lowest BCUT2D eigenvalue weighted by Crippen LogP contribution is -2.31. The molecule has 0 aliphatic rings. The molecule has 1 aromatic carbocycles. The van der Waals surface area contributed by atoms with Crippen molar-refractivity contribution in [1.29, 1.82) is 0 Å². The summed E-state index contributed by atoms with van der Waals surface area (Å²) in [6, 6.07) is 7.50. The van der Waals surface area contributed by atoms with Gasteiger partial charge in [-0.3, -0.25) is 9.59 Å². The first-order chi connectivity index (χ1) is 10.5. The van der Waals surface area contributed by atoms with Gasteiger partial charge in [-0.2, -0.15) is 11.3 Å². The Hall–Kier alpha value is -1.92. The van der Waals surface area contributed by atoms with E-state index >= 15 is 0 Å². The second-order valence-electron chi connectivity index (χ2n) is 4.62. The third-order valence-electron chi connectivity index (χ3n) is 2.86. The summed E-state index contributed by atoms with van der Waals surface area (Å²) in [5.74, 6) is -0.559. The molecular weight excluding hydrogens is 364 g/mol. The van der Waals surface area contributed by atoms with Crippen molar-refractivity contribution in [3.63, 3.8) is 0 Å². The molecule has 6 heteroatoms. The number of rotatable bonds is 5. The number of benzene rings is 1. The normalized spacial score (nSPS) is 10.6. The minimum absolute atomic E-state index is 0.0671. The summed E-state index contributed by atoms with van der Waals surface area (Å²) in [5.41, 5.74) is 2.65. The number of halogens is 1. The van der Waals surface area contributed by atoms with Gasteiger partial charge in [0.25, 0.3) is 0 Å². The molecule has 0 aliphatic heterocycles. The fourth-order valence-corrected chi connectivity index (χ4v) is 2.83. The van der Waals surface area contributed by atoms with Crippen LogP contribution in [-0.4, -0.2) is 18.4 Å². The van der Waals surface area contributed by atoms with Gasteiger partial charge in [-0.25, -0.2) is 0 Å². The Bertz CT molecular complexity index is 696. The highest BCUT2D eigenvalue weighted by atomic mass is 79.9. The average molecular weight is 379 g/mol. The Kier molecular flexibility index (Phi) is 5.91. The molecule has 2 rings (SSSR count). The Morgan fingerprint density at radius 3 is 2.82 bits per heavy atom. The maximum absolute atomic E-state index is 11.8. The third-order valence-corrected chi connectivity index (χ3v) is 4.05. The number of amides is 2. The molecule has 0 radical (unpaired) electrons. The molecule has 1 aromatic heterocycles. The fraction of sp³-hybridized carbons (Fsp3) is 0.125. The first-order valence-corrected chi connectivity index (χ1v) is 8.32. The predicted molar refractivity (Wildman–Crippen MR) is 93.9 cm³/mol. The van der Waals surface area contributed by atoms with Crippen LogP contribution in [0.15, 0.2) is 45.6 Å². The van der Waals surface area contributed by atoms with Gasteiger partial charge in [0.1, 0.15) is 0 Å². The fourth-order valence-electron chi connectivity index (χ4n) is 1.73. The van der Waals surface area contributed by atoms with Gasteiger partial charge in [-0.05, 0) is 59.2 Å². The summed E-state index contributed by atoms with van der Waals surface area (Å²) in [4.78, 5) is 23.5. The molecule has 0 aliphatic carbocycles. The molecule has 0 saturated heterocycles. The number of hydrogen-bond acceptors (Lipinski definition) is 3. The minimum Gasteiger partial charge on any atom is -0.343 e. The van der Waals surface area contributed by atoms with Gasteiger partial charge in [0.05, 0.1) is 6.54 Å². The van der Waals surface area contributed by atoms with Crippen molar-refractivity contribution < 1.29 is 9.59 Å². The first kappa shape index (κ1) is 16.5. The van der Waals surface area contributed by atoms with Gasteiger partial charge in [0.15, 0.2) is 0 Å². The van der Waals surface area contributed by atoms with Gasteiger partial charge in [0.2, 0.25) is 11.8 Å². The molecular formula is C16H15BrN2O2S. The van der Waals surface area contributed by atoms with E-state index in [0.29, 0.717) is 0 Å². The zero-order chi connectivity index (χ0) is 15.9. The van der Waals surface area contributed by atoms with Crippen molar-refractivity contribution >= 4 is 50.8 Å². The lowest BCUT2D eigenvalue weighted by molar-refractivity contribution is -0.121. The van der Waals surface area contributed by atoms with E-state index in [1.165, 1.54) is 6.08 Å². The summed E-state index contributed by atoms with van der Waals surface area (Å²) < 4.78 is 0.954. The summed E-state index contributed by atoms with van der Waals surface area (Å²) in [7, 11) is 0. The standard InChI is InChI=1S/C16H15BrN2O2S/c1-11-8-13(17)3-4-14(11)19-16(21)9-18-15(20)5-2-12-6-7-22-10-12/h2-8,10H,9H2,1H3,(H,18,20)(H,19,21). The average Bonchev–Trinajstić information content (AvgIpc) is 2.99. The maximum atomic E-state index is 11.8. The van der Waals surface area contributed by atoms with Crippen LogP contribution in [0.1, 0.15) is 11.1 Å². The molecule has 0 atom stereocenters. The van der Waals surface area contributed by atoms with Crippen molar-refractivity contribution in [3.05, 3.63) is 56.7 Å². The molecule has 2 N–H and O–H groups in total. The van der Waals surface area contributed by atoms with Crippen LogP contribution in [0.5, 0.6) is 0 Å². The van der Waals surface area contributed by atoms with Crippen LogP contribution in [0, 0.1) is 6.92 Å². The Morgan fingerprint density at radius 1 is 1.32 bits per heavy atom. The van der Waals surface area contributed by atoms with Crippen LogP contribution in [-0.2, 0) is 9.59 Å². The zero-order valence-corrected chi connectivity index (χ0v) is 14.3. The maximum Gasteiger partial charge on any atom is 0.244 e. The van der Waals surface area contributed by atoms with Crippen molar-refractivity contribution in [2.45, 2.75) is 6.92 Å². The lowest BCUT2D eigenvalue weighted by atomic mass is 10.2. The van der Waals surface area contributed by atoms with E-state index in [1.54, 1.807) is 17.4 Å². The summed E-state index contributed by atoms with van der Waals surface area (Å²) in [6.45, 7) is 1.84. The molecule has 4 nitrogen and oxygen atoms in total. The highest BCUT2D eigenvalue weighted by Crippen LogP contribution is 2.19. The van der Waals surface area contributed by atoms with Gasteiger partial charge in [0, 0.05) is 16.2 Å². The van der Waals surface area contributed by atoms with E-state index < -0.39 is 0 Å². The molecule has 0 saturated carbocycles. The van der Waals surface area contributed by atoms with E-state index in [-0.39, 0.29) is 18.4 Å². The number of nitrogens with one attached hydrogen (secondary N) is 2. The Labute approximate surface area is 141 Å². The van der Waals surface area contributed by atoms with Gasteiger partial charge in [-0.1, -0.05) is 15.9 Å². The van der Waals surface area contributed by atoms with Crippen molar-refractivity contribution in [1.82, 2.24) is 5.32 Å². The van der Waals surface area contributed by atoms with Gasteiger partial charge in [-0.15, -0.1) is 0 Å². The number of carbonyl (C=O) groups excluding carboxylic acids is 2. The minimum atomic E-state index is -0.297. The molecule has 0 unspecified atom stereocenters. The van der Waals surface area contributed by atoms with Crippen molar-refractivity contribution in [3.8, 4) is 0 Å². The summed E-state index contributed by atoms with van der Waals surface area (Å²) in [5, 5.41) is 9.19. The smallest absolute Gasteiger partial charge is 0.244 e. The number of carbonyl (C=O) groups is 2. The highest BCUT2D eigenvalue weighted by Gasteiger charge is 2.06. The largest absolute Gasteiger partial charge is 0.343 e. The second kappa shape index (κ2) is 7.91. The number of thiophene rings is 1. The van der Waals surface area contributed by atoms with Crippen molar-refractivity contribution in [2.75, 3.05) is 11.9 Å². The van der Waals surface area contributed by atoms with Gasteiger partial charge >= 0.3 is 0 Å². The van der Waals surface area contributed by atoms with Crippen LogP contribution < -0.4 is 10.6 Å². The van der Waals surface area contributed by atoms with Crippen LogP contribution in [0.3, 0.4) is 0 Å². The summed E-state index contributed by atoms with van der Waals surface area (Å²) in [6.07, 6.45) is 3.13. The van der Waals surface area contributed by atoms with Crippen LogP contribution in [0.25, 0.3) is 6.08 Å². The molecule has 2 aromatic rings. The first-order valence-electron chi connectivity index (χ1n) is 6.59. The molecule has 1 heterocycles. The van der Waals surface area contributed by atoms with Crippen LogP contribution in [0.4, 0.5) is 5.69 Å². The third kappa shape index (κ3) is 5.13. The predicted octanol–water partition coefficient (Wildman–Crippen LogP) is 3.59. The van der Waals surface area contributed by atoms with E-state index in [0.717, 1.165) is 21.3 Å². The number of anilines is 1. The molecule has 2 amide bonds. The van der Waals surface area contributed by atoms with E-state index in [2.05, 4.69) is 26.6 Å². The summed E-state index contributed by atoms with van der Waals surface area (Å²) >= 11 is 4.93. The van der Waals surface area contributed by atoms with E-state index in [9.17, 15) is 9.59 Å². The van der Waals surface area contributed by atoms with Gasteiger partial charge < -0.3 is 10.6 Å². The molecule has 0 spiro atoms. The van der Waals surface area contributed by atoms with E-state index in [4.69, 9.17) is 0 Å². The molecule has 0 bridgehead atoms.